The molecule has 20 heavy (non-hydrogen) atoms. The molecule has 0 spiro atoms. The molecule has 102 valence electrons. The Labute approximate surface area is 121 Å². The van der Waals surface area contributed by atoms with Crippen LogP contribution in [0, 0.1) is 18.3 Å². The highest BCUT2D eigenvalue weighted by Crippen LogP contribution is 2.28. The maximum absolute atomic E-state index is 11.6. The highest BCUT2D eigenvalue weighted by Gasteiger charge is 2.08. The van der Waals surface area contributed by atoms with Crippen molar-refractivity contribution in [3.63, 3.8) is 0 Å². The van der Waals surface area contributed by atoms with Gasteiger partial charge in [-0.1, -0.05) is 31.2 Å². The average molecular weight is 285 g/mol. The first-order valence-corrected chi connectivity index (χ1v) is 7.23. The summed E-state index contributed by atoms with van der Waals surface area (Å²) in [6.45, 7) is 4.01. The molecule has 1 aromatic carbocycles. The average Bonchev–Trinajstić information content (AvgIpc) is 2.38. The molecular weight excluding hydrogens is 270 g/mol. The Hall–Kier alpha value is -2.06. The second-order valence-electron chi connectivity index (χ2n) is 4.51. The first-order chi connectivity index (χ1) is 9.62. The summed E-state index contributed by atoms with van der Waals surface area (Å²) in [6.07, 6.45) is 1.71. The predicted molar refractivity (Wildman–Crippen MR) is 78.9 cm³/mol. The van der Waals surface area contributed by atoms with Crippen LogP contribution in [0.15, 0.2) is 39.1 Å². The molecule has 5 heteroatoms. The molecule has 1 aromatic heterocycles. The van der Waals surface area contributed by atoms with Gasteiger partial charge >= 0.3 is 0 Å². The minimum Gasteiger partial charge on any atom is -0.301 e. The summed E-state index contributed by atoms with van der Waals surface area (Å²) >= 11 is 1.32. The van der Waals surface area contributed by atoms with Crippen LogP contribution >= 0.6 is 11.8 Å². The molecule has 1 heterocycles. The molecule has 0 aliphatic rings. The van der Waals surface area contributed by atoms with Gasteiger partial charge in [-0.15, -0.1) is 0 Å². The third-order valence-electron chi connectivity index (χ3n) is 2.74. The van der Waals surface area contributed by atoms with E-state index in [0.29, 0.717) is 10.7 Å². The van der Waals surface area contributed by atoms with Crippen LogP contribution in [0.4, 0.5) is 0 Å². The fourth-order valence-electron chi connectivity index (χ4n) is 1.83. The molecule has 2 aromatic rings. The van der Waals surface area contributed by atoms with Crippen molar-refractivity contribution in [3.8, 4) is 6.07 Å². The molecule has 0 unspecified atom stereocenters. The predicted octanol–water partition coefficient (Wildman–Crippen LogP) is 3.05. The molecule has 0 saturated heterocycles. The molecule has 2 rings (SSSR count). The number of benzene rings is 1. The SMILES string of the molecule is CCCc1cc(=O)[nH]c(Sc2cc(C)ccc2C#N)n1. The third-order valence-corrected chi connectivity index (χ3v) is 3.69. The van der Waals surface area contributed by atoms with E-state index in [9.17, 15) is 4.79 Å². The summed E-state index contributed by atoms with van der Waals surface area (Å²) in [5.74, 6) is 0. The van der Waals surface area contributed by atoms with Gasteiger partial charge in [0.05, 0.1) is 5.56 Å². The van der Waals surface area contributed by atoms with E-state index in [2.05, 4.69) is 16.0 Å². The van der Waals surface area contributed by atoms with Gasteiger partial charge in [-0.2, -0.15) is 5.26 Å². The summed E-state index contributed by atoms with van der Waals surface area (Å²) < 4.78 is 0. The van der Waals surface area contributed by atoms with Crippen LogP contribution in [-0.2, 0) is 6.42 Å². The first-order valence-electron chi connectivity index (χ1n) is 6.41. The zero-order chi connectivity index (χ0) is 14.5. The molecule has 0 fully saturated rings. The maximum Gasteiger partial charge on any atom is 0.251 e. The van der Waals surface area contributed by atoms with Crippen molar-refractivity contribution in [2.75, 3.05) is 0 Å². The standard InChI is InChI=1S/C15H15N3OS/c1-3-4-12-8-14(19)18-15(17-12)20-13-7-10(2)5-6-11(13)9-16/h5-8H,3-4H2,1-2H3,(H,17,18,19). The van der Waals surface area contributed by atoms with Crippen LogP contribution in [-0.4, -0.2) is 9.97 Å². The monoisotopic (exact) mass is 285 g/mol. The molecule has 0 radical (unpaired) electrons. The number of aryl methyl sites for hydroxylation is 2. The topological polar surface area (TPSA) is 69.5 Å². The maximum atomic E-state index is 11.6. The lowest BCUT2D eigenvalue weighted by molar-refractivity contribution is 0.816. The van der Waals surface area contributed by atoms with Crippen molar-refractivity contribution in [2.45, 2.75) is 36.7 Å². The minimum atomic E-state index is -0.155. The summed E-state index contributed by atoms with van der Waals surface area (Å²) in [5, 5.41) is 9.66. The fourth-order valence-corrected chi connectivity index (χ4v) is 2.82. The molecule has 0 bridgehead atoms. The summed E-state index contributed by atoms with van der Waals surface area (Å²) in [5.41, 5.74) is 2.28. The van der Waals surface area contributed by atoms with Crippen LogP contribution in [0.5, 0.6) is 0 Å². The van der Waals surface area contributed by atoms with Crippen molar-refractivity contribution in [3.05, 3.63) is 51.4 Å². The number of nitriles is 1. The van der Waals surface area contributed by atoms with Gasteiger partial charge in [-0.3, -0.25) is 4.79 Å². The van der Waals surface area contributed by atoms with E-state index in [1.807, 2.05) is 26.0 Å². The Morgan fingerprint density at radius 1 is 1.40 bits per heavy atom. The molecule has 0 saturated carbocycles. The number of rotatable bonds is 4. The number of hydrogen-bond donors (Lipinski definition) is 1. The quantitative estimate of drug-likeness (QED) is 0.876. The molecular formula is C15H15N3OS. The first kappa shape index (κ1) is 14.4. The van der Waals surface area contributed by atoms with E-state index in [1.165, 1.54) is 17.8 Å². The van der Waals surface area contributed by atoms with E-state index in [-0.39, 0.29) is 5.56 Å². The Kier molecular flexibility index (Phi) is 4.59. The van der Waals surface area contributed by atoms with Crippen LogP contribution < -0.4 is 5.56 Å². The van der Waals surface area contributed by atoms with Crippen molar-refractivity contribution in [2.24, 2.45) is 0 Å². The van der Waals surface area contributed by atoms with Crippen molar-refractivity contribution >= 4 is 11.8 Å². The lowest BCUT2D eigenvalue weighted by atomic mass is 10.2. The van der Waals surface area contributed by atoms with E-state index in [1.54, 1.807) is 6.07 Å². The van der Waals surface area contributed by atoms with E-state index >= 15 is 0 Å². The molecule has 4 nitrogen and oxygen atoms in total. The molecule has 0 amide bonds. The van der Waals surface area contributed by atoms with E-state index in [4.69, 9.17) is 5.26 Å². The second-order valence-corrected chi connectivity index (χ2v) is 5.54. The van der Waals surface area contributed by atoms with E-state index < -0.39 is 0 Å². The Balaban J connectivity index is 2.37. The Bertz CT molecular complexity index is 716. The van der Waals surface area contributed by atoms with Crippen molar-refractivity contribution < 1.29 is 0 Å². The molecule has 1 N–H and O–H groups in total. The van der Waals surface area contributed by atoms with Crippen LogP contribution in [0.1, 0.15) is 30.2 Å². The zero-order valence-corrected chi connectivity index (χ0v) is 12.3. The fraction of sp³-hybridized carbons (Fsp3) is 0.267. The van der Waals surface area contributed by atoms with Gasteiger partial charge in [0, 0.05) is 16.7 Å². The molecule has 0 aliphatic carbocycles. The minimum absolute atomic E-state index is 0.155. The second kappa shape index (κ2) is 6.40. The van der Waals surface area contributed by atoms with Gasteiger partial charge in [0.1, 0.15) is 6.07 Å². The summed E-state index contributed by atoms with van der Waals surface area (Å²) in [4.78, 5) is 19.6. The Morgan fingerprint density at radius 2 is 2.20 bits per heavy atom. The third kappa shape index (κ3) is 3.49. The number of aromatic nitrogens is 2. The number of nitrogens with one attached hydrogen (secondary N) is 1. The van der Waals surface area contributed by atoms with Crippen molar-refractivity contribution in [1.82, 2.24) is 9.97 Å². The highest BCUT2D eigenvalue weighted by molar-refractivity contribution is 7.99. The van der Waals surface area contributed by atoms with Crippen LogP contribution in [0.2, 0.25) is 0 Å². The number of H-pyrrole nitrogens is 1. The van der Waals surface area contributed by atoms with E-state index in [0.717, 1.165) is 29.0 Å². The van der Waals surface area contributed by atoms with Gasteiger partial charge in [0.15, 0.2) is 5.16 Å². The number of nitrogens with zero attached hydrogens (tertiary/aromatic N) is 2. The van der Waals surface area contributed by atoms with Gasteiger partial charge in [-0.05, 0) is 31.0 Å². The van der Waals surface area contributed by atoms with Gasteiger partial charge in [0.25, 0.3) is 5.56 Å². The largest absolute Gasteiger partial charge is 0.301 e. The lowest BCUT2D eigenvalue weighted by Gasteiger charge is -2.06. The highest BCUT2D eigenvalue weighted by atomic mass is 32.2. The normalized spacial score (nSPS) is 10.2. The molecule has 0 aliphatic heterocycles. The number of hydrogen-bond acceptors (Lipinski definition) is 4. The summed E-state index contributed by atoms with van der Waals surface area (Å²) in [6, 6.07) is 9.28. The van der Waals surface area contributed by atoms with Crippen LogP contribution in [0.3, 0.4) is 0 Å². The van der Waals surface area contributed by atoms with Gasteiger partial charge < -0.3 is 4.98 Å². The van der Waals surface area contributed by atoms with Gasteiger partial charge in [0.2, 0.25) is 0 Å². The Morgan fingerprint density at radius 3 is 2.90 bits per heavy atom. The molecule has 0 atom stereocenters. The van der Waals surface area contributed by atoms with Gasteiger partial charge in [-0.25, -0.2) is 4.98 Å². The lowest BCUT2D eigenvalue weighted by Crippen LogP contribution is -2.09. The smallest absolute Gasteiger partial charge is 0.251 e. The van der Waals surface area contributed by atoms with Crippen molar-refractivity contribution in [1.29, 1.82) is 5.26 Å². The summed E-state index contributed by atoms with van der Waals surface area (Å²) in [7, 11) is 0. The zero-order valence-electron chi connectivity index (χ0n) is 11.4. The number of aromatic amines is 1. The van der Waals surface area contributed by atoms with Crippen LogP contribution in [0.25, 0.3) is 0 Å².